The number of hydrogen-bond donors (Lipinski definition) is 2. The van der Waals surface area contributed by atoms with Crippen LogP contribution in [0, 0.1) is 20.8 Å². The Morgan fingerprint density at radius 2 is 1.88 bits per heavy atom. The molecule has 0 spiro atoms. The highest BCUT2D eigenvalue weighted by Crippen LogP contribution is 2.43. The summed E-state index contributed by atoms with van der Waals surface area (Å²) in [5.41, 5.74) is 8.65. The number of guanidine groups is 1. The summed E-state index contributed by atoms with van der Waals surface area (Å²) in [6, 6.07) is 0. The highest BCUT2D eigenvalue weighted by Gasteiger charge is 2.36. The highest BCUT2D eigenvalue weighted by molar-refractivity contribution is 7.90. The number of benzene rings is 1. The molecule has 1 aliphatic heterocycles. The van der Waals surface area contributed by atoms with Crippen molar-refractivity contribution in [2.45, 2.75) is 71.3 Å². The van der Waals surface area contributed by atoms with E-state index in [1.807, 2.05) is 34.6 Å². The first-order valence-electron chi connectivity index (χ1n) is 8.64. The molecule has 0 bridgehead atoms. The quantitative estimate of drug-likeness (QED) is 0.475. The molecule has 0 unspecified atom stereocenters. The van der Waals surface area contributed by atoms with Gasteiger partial charge in [-0.15, -0.1) is 0 Å². The Morgan fingerprint density at radius 1 is 1.24 bits per heavy atom. The van der Waals surface area contributed by atoms with E-state index in [0.717, 1.165) is 35.3 Å². The maximum absolute atomic E-state index is 12.9. The lowest BCUT2D eigenvalue weighted by Crippen LogP contribution is -2.37. The van der Waals surface area contributed by atoms with Crippen LogP contribution in [0.5, 0.6) is 5.75 Å². The van der Waals surface area contributed by atoms with Gasteiger partial charge >= 0.3 is 0 Å². The summed E-state index contributed by atoms with van der Waals surface area (Å²) in [5.74, 6) is 0.741. The Morgan fingerprint density at radius 3 is 2.48 bits per heavy atom. The molecule has 1 aromatic rings. The molecule has 2 rings (SSSR count). The number of rotatable bonds is 5. The second-order valence-corrected chi connectivity index (χ2v) is 8.90. The molecule has 7 heteroatoms. The summed E-state index contributed by atoms with van der Waals surface area (Å²) in [4.78, 5) is 4.36. The predicted octanol–water partition coefficient (Wildman–Crippen LogP) is 2.72. The van der Waals surface area contributed by atoms with Gasteiger partial charge in [0.15, 0.2) is 0 Å². The lowest BCUT2D eigenvalue weighted by atomic mass is 9.94. The van der Waals surface area contributed by atoms with E-state index in [-0.39, 0.29) is 16.5 Å². The van der Waals surface area contributed by atoms with Crippen LogP contribution in [0.1, 0.15) is 55.9 Å². The minimum atomic E-state index is -3.80. The Balaban J connectivity index is 2.47. The minimum absolute atomic E-state index is 0.0676. The van der Waals surface area contributed by atoms with Gasteiger partial charge < -0.3 is 10.5 Å². The number of nitrogens with one attached hydrogen (secondary N) is 1. The molecule has 1 aliphatic rings. The average Bonchev–Trinajstić information content (AvgIpc) is 2.81. The van der Waals surface area contributed by atoms with Crippen LogP contribution in [0.3, 0.4) is 0 Å². The maximum atomic E-state index is 12.9. The van der Waals surface area contributed by atoms with Crippen LogP contribution in [0.25, 0.3) is 0 Å². The van der Waals surface area contributed by atoms with Gasteiger partial charge in [-0.3, -0.25) is 4.99 Å². The number of nitrogens with zero attached hydrogens (tertiary/aromatic N) is 1. The standard InChI is InChI=1S/C18H29N3O3S/c1-7-8-9-20-17(19)21-25(22,23)16-12(3)11(2)15-14(13(16)4)10-18(5,6)24-15/h7-10H2,1-6H3,(H3,19,20,21). The Kier molecular flexibility index (Phi) is 5.37. The molecule has 6 nitrogen and oxygen atoms in total. The third-order valence-corrected chi connectivity index (χ3v) is 6.22. The van der Waals surface area contributed by atoms with Crippen LogP contribution in [0.4, 0.5) is 0 Å². The lowest BCUT2D eigenvalue weighted by molar-refractivity contribution is 0.137. The van der Waals surface area contributed by atoms with Gasteiger partial charge in [0.1, 0.15) is 11.4 Å². The summed E-state index contributed by atoms with van der Waals surface area (Å²) < 4.78 is 34.3. The molecule has 0 saturated carbocycles. The minimum Gasteiger partial charge on any atom is -0.487 e. The molecule has 0 atom stereocenters. The first kappa shape index (κ1) is 19.6. The van der Waals surface area contributed by atoms with E-state index >= 15 is 0 Å². The largest absolute Gasteiger partial charge is 0.487 e. The molecule has 0 fully saturated rings. The van der Waals surface area contributed by atoms with Gasteiger partial charge in [-0.1, -0.05) is 13.3 Å². The van der Waals surface area contributed by atoms with Gasteiger partial charge in [0, 0.05) is 18.5 Å². The van der Waals surface area contributed by atoms with E-state index in [1.165, 1.54) is 0 Å². The zero-order valence-corrected chi connectivity index (χ0v) is 16.8. The van der Waals surface area contributed by atoms with Crippen LogP contribution in [-0.4, -0.2) is 26.5 Å². The molecular formula is C18H29N3O3S. The molecule has 0 amide bonds. The fourth-order valence-corrected chi connectivity index (χ4v) is 4.75. The van der Waals surface area contributed by atoms with Crippen molar-refractivity contribution >= 4 is 16.0 Å². The fourth-order valence-electron chi connectivity index (χ4n) is 3.23. The fraction of sp³-hybridized carbons (Fsp3) is 0.611. The van der Waals surface area contributed by atoms with E-state index < -0.39 is 10.0 Å². The third-order valence-electron chi connectivity index (χ3n) is 4.59. The van der Waals surface area contributed by atoms with Gasteiger partial charge in [0.2, 0.25) is 5.96 Å². The normalized spacial score (nSPS) is 16.5. The van der Waals surface area contributed by atoms with Gasteiger partial charge in [0.25, 0.3) is 10.0 Å². The molecule has 3 N–H and O–H groups in total. The SMILES string of the molecule is CCCCN=C(N)NS(=O)(=O)c1c(C)c(C)c2c(c1C)CC(C)(C)O2. The number of sulfonamides is 1. The van der Waals surface area contributed by atoms with Crippen LogP contribution >= 0.6 is 0 Å². The second kappa shape index (κ2) is 6.86. The summed E-state index contributed by atoms with van der Waals surface area (Å²) >= 11 is 0. The average molecular weight is 368 g/mol. The van der Waals surface area contributed by atoms with Gasteiger partial charge in [0.05, 0.1) is 4.90 Å². The number of aliphatic imine (C=N–C) groups is 1. The van der Waals surface area contributed by atoms with E-state index in [4.69, 9.17) is 10.5 Å². The summed E-state index contributed by atoms with van der Waals surface area (Å²) in [7, 11) is -3.80. The predicted molar refractivity (Wildman–Crippen MR) is 101 cm³/mol. The third kappa shape index (κ3) is 3.92. The van der Waals surface area contributed by atoms with Crippen LogP contribution in [0.15, 0.2) is 9.89 Å². The van der Waals surface area contributed by atoms with E-state index in [9.17, 15) is 8.42 Å². The van der Waals surface area contributed by atoms with Crippen LogP contribution in [0.2, 0.25) is 0 Å². The van der Waals surface area contributed by atoms with Crippen molar-refractivity contribution < 1.29 is 13.2 Å². The number of nitrogens with two attached hydrogens (primary N) is 1. The smallest absolute Gasteiger partial charge is 0.264 e. The molecule has 140 valence electrons. The number of unbranched alkanes of at least 4 members (excludes halogenated alkanes) is 1. The van der Waals surface area contributed by atoms with Crippen molar-refractivity contribution in [2.24, 2.45) is 10.7 Å². The number of ether oxygens (including phenoxy) is 1. The number of hydrogen-bond acceptors (Lipinski definition) is 4. The van der Waals surface area contributed by atoms with Crippen molar-refractivity contribution in [1.82, 2.24) is 4.72 Å². The molecule has 0 aromatic heterocycles. The molecule has 25 heavy (non-hydrogen) atoms. The van der Waals surface area contributed by atoms with Crippen molar-refractivity contribution in [3.05, 3.63) is 22.3 Å². The summed E-state index contributed by atoms with van der Waals surface area (Å²) in [6.07, 6.45) is 2.52. The van der Waals surface area contributed by atoms with E-state index in [1.54, 1.807) is 6.92 Å². The Hall–Kier alpha value is -1.76. The maximum Gasteiger partial charge on any atom is 0.264 e. The Bertz CT molecular complexity index is 812. The van der Waals surface area contributed by atoms with E-state index in [0.29, 0.717) is 18.5 Å². The van der Waals surface area contributed by atoms with E-state index in [2.05, 4.69) is 9.71 Å². The molecule has 0 aliphatic carbocycles. The summed E-state index contributed by atoms with van der Waals surface area (Å²) in [6.45, 7) is 12.1. The van der Waals surface area contributed by atoms with Gasteiger partial charge in [-0.2, -0.15) is 0 Å². The van der Waals surface area contributed by atoms with Gasteiger partial charge in [-0.05, 0) is 57.7 Å². The second-order valence-electron chi connectivity index (χ2n) is 7.28. The van der Waals surface area contributed by atoms with Crippen molar-refractivity contribution in [3.63, 3.8) is 0 Å². The topological polar surface area (TPSA) is 93.8 Å². The van der Waals surface area contributed by atoms with Crippen molar-refractivity contribution in [1.29, 1.82) is 0 Å². The molecule has 1 heterocycles. The molecule has 0 radical (unpaired) electrons. The molecule has 0 saturated heterocycles. The monoisotopic (exact) mass is 367 g/mol. The molecular weight excluding hydrogens is 338 g/mol. The van der Waals surface area contributed by atoms with Crippen molar-refractivity contribution in [2.75, 3.05) is 6.54 Å². The molecule has 1 aromatic carbocycles. The Labute approximate surface area is 150 Å². The first-order valence-corrected chi connectivity index (χ1v) is 10.1. The van der Waals surface area contributed by atoms with Crippen LogP contribution in [-0.2, 0) is 16.4 Å². The zero-order chi connectivity index (χ0) is 19.0. The number of fused-ring (bicyclic) bond motifs is 1. The summed E-state index contributed by atoms with van der Waals surface area (Å²) in [5, 5.41) is 0. The highest BCUT2D eigenvalue weighted by atomic mass is 32.2. The van der Waals surface area contributed by atoms with Crippen molar-refractivity contribution in [3.8, 4) is 5.75 Å². The van der Waals surface area contributed by atoms with Gasteiger partial charge in [-0.25, -0.2) is 13.1 Å². The lowest BCUT2D eigenvalue weighted by Gasteiger charge is -2.19. The van der Waals surface area contributed by atoms with Crippen LogP contribution < -0.4 is 15.2 Å². The first-order chi connectivity index (χ1) is 11.5. The zero-order valence-electron chi connectivity index (χ0n) is 16.0.